The number of amides is 2. The molecule has 0 spiro atoms. The van der Waals surface area contributed by atoms with E-state index in [1.165, 1.54) is 26.1 Å². The second-order valence-electron chi connectivity index (χ2n) is 5.21. The molecular formula is C18H18N4O4. The molecule has 0 aliphatic carbocycles. The Labute approximate surface area is 150 Å². The molecule has 26 heavy (non-hydrogen) atoms. The van der Waals surface area contributed by atoms with Crippen LogP contribution in [-0.4, -0.2) is 34.7 Å². The number of carbonyl (C=O) groups excluding carboxylic acids is 2. The average Bonchev–Trinajstić information content (AvgIpc) is 2.60. The highest BCUT2D eigenvalue weighted by atomic mass is 16.5. The fraction of sp³-hybridized carbons (Fsp3) is 0.222. The number of aryl methyl sites for hydroxylation is 1. The minimum Gasteiger partial charge on any atom is -0.481 e. The Morgan fingerprint density at radius 2 is 2.04 bits per heavy atom. The maximum Gasteiger partial charge on any atom is 0.272 e. The van der Waals surface area contributed by atoms with Crippen molar-refractivity contribution >= 4 is 17.5 Å². The van der Waals surface area contributed by atoms with Gasteiger partial charge in [-0.05, 0) is 18.2 Å². The molecule has 2 amide bonds. The molecule has 0 atom stereocenters. The molecule has 1 heterocycles. The molecule has 0 aliphatic rings. The van der Waals surface area contributed by atoms with Gasteiger partial charge in [0, 0.05) is 31.8 Å². The second-order valence-corrected chi connectivity index (χ2v) is 5.21. The molecular weight excluding hydrogens is 336 g/mol. The zero-order chi connectivity index (χ0) is 18.9. The molecule has 0 bridgehead atoms. The molecule has 8 heteroatoms. The molecule has 0 saturated carbocycles. The van der Waals surface area contributed by atoms with Gasteiger partial charge in [-0.2, -0.15) is 5.10 Å². The number of carbonyl (C=O) groups is 2. The molecule has 2 aromatic rings. The number of nitrogens with one attached hydrogen (secondary N) is 2. The van der Waals surface area contributed by atoms with Crippen LogP contribution in [0.15, 0.2) is 41.2 Å². The van der Waals surface area contributed by atoms with Crippen LogP contribution in [0.3, 0.4) is 0 Å². The molecule has 0 saturated heterocycles. The van der Waals surface area contributed by atoms with Crippen LogP contribution in [0.2, 0.25) is 0 Å². The van der Waals surface area contributed by atoms with Gasteiger partial charge < -0.3 is 15.4 Å². The normalized spacial score (nSPS) is 9.62. The van der Waals surface area contributed by atoms with Gasteiger partial charge in [-0.3, -0.25) is 14.4 Å². The SMILES string of the molecule is CC(=O)Nc1cccc(OCC#CCNC(=O)c2ccc(=O)n(C)n2)c1. The van der Waals surface area contributed by atoms with E-state index in [0.29, 0.717) is 11.4 Å². The number of anilines is 1. The Balaban J connectivity index is 1.78. The van der Waals surface area contributed by atoms with Crippen molar-refractivity contribution in [1.82, 2.24) is 15.1 Å². The van der Waals surface area contributed by atoms with E-state index in [9.17, 15) is 14.4 Å². The Hall–Kier alpha value is -3.60. The number of hydrogen-bond acceptors (Lipinski definition) is 5. The first-order valence-electron chi connectivity index (χ1n) is 7.74. The van der Waals surface area contributed by atoms with Crippen molar-refractivity contribution < 1.29 is 14.3 Å². The molecule has 0 aliphatic heterocycles. The molecule has 2 N–H and O–H groups in total. The quantitative estimate of drug-likeness (QED) is 0.764. The highest BCUT2D eigenvalue weighted by Gasteiger charge is 2.06. The monoisotopic (exact) mass is 354 g/mol. The van der Waals surface area contributed by atoms with Crippen molar-refractivity contribution in [2.75, 3.05) is 18.5 Å². The summed E-state index contributed by atoms with van der Waals surface area (Å²) in [7, 11) is 1.47. The van der Waals surface area contributed by atoms with Crippen LogP contribution in [-0.2, 0) is 11.8 Å². The minimum absolute atomic E-state index is 0.124. The molecule has 8 nitrogen and oxygen atoms in total. The summed E-state index contributed by atoms with van der Waals surface area (Å²) < 4.78 is 6.55. The third-order valence-corrected chi connectivity index (χ3v) is 3.12. The molecule has 134 valence electrons. The van der Waals surface area contributed by atoms with Gasteiger partial charge >= 0.3 is 0 Å². The number of hydrogen-bond donors (Lipinski definition) is 2. The van der Waals surface area contributed by atoms with E-state index in [0.717, 1.165) is 4.68 Å². The van der Waals surface area contributed by atoms with Crippen LogP contribution in [0.25, 0.3) is 0 Å². The van der Waals surface area contributed by atoms with Crippen molar-refractivity contribution in [1.29, 1.82) is 0 Å². The van der Waals surface area contributed by atoms with E-state index in [2.05, 4.69) is 27.6 Å². The zero-order valence-corrected chi connectivity index (χ0v) is 14.4. The first-order valence-corrected chi connectivity index (χ1v) is 7.74. The van der Waals surface area contributed by atoms with E-state index in [1.807, 2.05) is 0 Å². The number of rotatable bonds is 5. The van der Waals surface area contributed by atoms with Gasteiger partial charge in [-0.15, -0.1) is 0 Å². The number of benzene rings is 1. The van der Waals surface area contributed by atoms with Crippen molar-refractivity contribution in [3.05, 3.63) is 52.4 Å². The largest absolute Gasteiger partial charge is 0.481 e. The lowest BCUT2D eigenvalue weighted by Crippen LogP contribution is -2.28. The highest BCUT2D eigenvalue weighted by molar-refractivity contribution is 5.92. The van der Waals surface area contributed by atoms with Crippen LogP contribution >= 0.6 is 0 Å². The molecule has 0 fully saturated rings. The predicted molar refractivity (Wildman–Crippen MR) is 95.8 cm³/mol. The van der Waals surface area contributed by atoms with Crippen LogP contribution in [0.1, 0.15) is 17.4 Å². The third kappa shape index (κ3) is 5.79. The average molecular weight is 354 g/mol. The molecule has 1 aromatic heterocycles. The lowest BCUT2D eigenvalue weighted by Gasteiger charge is -2.05. The molecule has 1 aromatic carbocycles. The first kappa shape index (κ1) is 18.7. The summed E-state index contributed by atoms with van der Waals surface area (Å²) in [5.41, 5.74) is 0.487. The van der Waals surface area contributed by atoms with Gasteiger partial charge in [-0.25, -0.2) is 4.68 Å². The van der Waals surface area contributed by atoms with Gasteiger partial charge in [0.2, 0.25) is 5.91 Å². The predicted octanol–water partition coefficient (Wildman–Crippen LogP) is 0.551. The van der Waals surface area contributed by atoms with Gasteiger partial charge in [-0.1, -0.05) is 17.9 Å². The smallest absolute Gasteiger partial charge is 0.272 e. The summed E-state index contributed by atoms with van der Waals surface area (Å²) in [4.78, 5) is 34.1. The second kappa shape index (κ2) is 9.03. The van der Waals surface area contributed by atoms with Crippen molar-refractivity contribution in [2.45, 2.75) is 6.92 Å². The lowest BCUT2D eigenvalue weighted by atomic mass is 10.3. The van der Waals surface area contributed by atoms with Gasteiger partial charge in [0.15, 0.2) is 0 Å². The highest BCUT2D eigenvalue weighted by Crippen LogP contribution is 2.16. The summed E-state index contributed by atoms with van der Waals surface area (Å²) in [5.74, 6) is 5.52. The van der Waals surface area contributed by atoms with E-state index in [1.54, 1.807) is 24.3 Å². The van der Waals surface area contributed by atoms with Crippen molar-refractivity contribution in [3.8, 4) is 17.6 Å². The standard InChI is InChI=1S/C18H18N4O4/c1-13(23)20-14-6-5-7-15(12-14)26-11-4-3-10-19-18(25)16-8-9-17(24)22(2)21-16/h5-9,12H,10-11H2,1-2H3,(H,19,25)(H,20,23). The topological polar surface area (TPSA) is 102 Å². The van der Waals surface area contributed by atoms with Gasteiger partial charge in [0.05, 0.1) is 6.54 Å². The van der Waals surface area contributed by atoms with E-state index >= 15 is 0 Å². The molecule has 0 unspecified atom stereocenters. The number of aromatic nitrogens is 2. The molecule has 2 rings (SSSR count). The van der Waals surface area contributed by atoms with Crippen molar-refractivity contribution in [3.63, 3.8) is 0 Å². The fourth-order valence-electron chi connectivity index (χ4n) is 1.94. The first-order chi connectivity index (χ1) is 12.5. The summed E-state index contributed by atoms with van der Waals surface area (Å²) >= 11 is 0. The summed E-state index contributed by atoms with van der Waals surface area (Å²) in [6, 6.07) is 9.58. The summed E-state index contributed by atoms with van der Waals surface area (Å²) in [6.45, 7) is 1.69. The van der Waals surface area contributed by atoms with Gasteiger partial charge in [0.25, 0.3) is 11.5 Å². The van der Waals surface area contributed by atoms with Crippen LogP contribution in [0, 0.1) is 11.8 Å². The maximum atomic E-state index is 11.9. The van der Waals surface area contributed by atoms with E-state index in [-0.39, 0.29) is 30.3 Å². The third-order valence-electron chi connectivity index (χ3n) is 3.12. The Morgan fingerprint density at radius 1 is 1.23 bits per heavy atom. The molecule has 0 radical (unpaired) electrons. The number of nitrogens with zero attached hydrogens (tertiary/aromatic N) is 2. The summed E-state index contributed by atoms with van der Waals surface area (Å²) in [6.07, 6.45) is 0. The van der Waals surface area contributed by atoms with Crippen LogP contribution in [0.5, 0.6) is 5.75 Å². The Morgan fingerprint density at radius 3 is 2.77 bits per heavy atom. The summed E-state index contributed by atoms with van der Waals surface area (Å²) in [5, 5.41) is 9.09. The fourth-order valence-corrected chi connectivity index (χ4v) is 1.94. The van der Waals surface area contributed by atoms with E-state index in [4.69, 9.17) is 4.74 Å². The maximum absolute atomic E-state index is 11.9. The van der Waals surface area contributed by atoms with Crippen LogP contribution in [0.4, 0.5) is 5.69 Å². The minimum atomic E-state index is -0.418. The zero-order valence-electron chi connectivity index (χ0n) is 14.4. The number of ether oxygens (including phenoxy) is 1. The Kier molecular flexibility index (Phi) is 6.51. The van der Waals surface area contributed by atoms with Gasteiger partial charge in [0.1, 0.15) is 18.1 Å². The lowest BCUT2D eigenvalue weighted by molar-refractivity contribution is -0.114. The van der Waals surface area contributed by atoms with Crippen molar-refractivity contribution in [2.24, 2.45) is 7.05 Å². The Bertz CT molecular complexity index is 925. The van der Waals surface area contributed by atoms with Crippen LogP contribution < -0.4 is 20.9 Å². The van der Waals surface area contributed by atoms with E-state index < -0.39 is 5.91 Å².